The van der Waals surface area contributed by atoms with Crippen molar-refractivity contribution in [3.05, 3.63) is 334 Å². The van der Waals surface area contributed by atoms with Crippen LogP contribution in [0.1, 0.15) is 132 Å². The number of alkyl halides is 4. The van der Waals surface area contributed by atoms with Gasteiger partial charge in [-0.05, 0) is 109 Å². The van der Waals surface area contributed by atoms with Crippen LogP contribution in [-0.4, -0.2) is 18.4 Å². The van der Waals surface area contributed by atoms with Crippen LogP contribution in [0.3, 0.4) is 0 Å². The molecule has 0 saturated heterocycles. The summed E-state index contributed by atoms with van der Waals surface area (Å²) in [5, 5.41) is 1.12. The molecule has 4 nitrogen and oxygen atoms in total. The van der Waals surface area contributed by atoms with Gasteiger partial charge in [0, 0.05) is 64.8 Å². The topological polar surface area (TPSA) is 81.3 Å². The third kappa shape index (κ3) is 22.4. The van der Waals surface area contributed by atoms with Crippen molar-refractivity contribution in [3.63, 3.8) is 0 Å². The Balaban J connectivity index is 0.000000277. The van der Waals surface area contributed by atoms with Gasteiger partial charge in [0.15, 0.2) is 0 Å². The van der Waals surface area contributed by atoms with E-state index < -0.39 is 0 Å². The molecule has 0 saturated carbocycles. The SMILES string of the molecule is CC(C)CBr.CC(C)CN(CC(C)C)c1cc(C(c2ccccc2)c2ccccc2)c(N)c(C(c2ccccc2)c2ccccc2)c1.IC(I)I.Nc1cc(C(c2ccccc2)c2ccccc2)c(N)c(C(c2ccccc2)c2ccccc2)c1.[I-].[K+]. The minimum Gasteiger partial charge on any atom is -1.00 e. The maximum Gasteiger partial charge on any atom is 1.00 e. The molecule has 0 bridgehead atoms. The molecular weight excluding hydrogens is 1610 g/mol. The van der Waals surface area contributed by atoms with Gasteiger partial charge in [-0.3, -0.25) is 0 Å². The van der Waals surface area contributed by atoms with Crippen molar-refractivity contribution in [1.82, 2.24) is 0 Å². The second kappa shape index (κ2) is 39.0. The summed E-state index contributed by atoms with van der Waals surface area (Å²) in [5.41, 5.74) is 38.7. The fraction of sp³-hybridized carbons (Fsp3) is 0.221. The number of nitrogen functional groups attached to an aromatic ring is 3. The zero-order valence-electron chi connectivity index (χ0n) is 51.2. The Morgan fingerprint density at radius 1 is 0.333 bits per heavy atom. The number of nitrogens with zero attached hydrogens (tertiary/aromatic N) is 1. The first-order valence-electron chi connectivity index (χ1n) is 29.4. The Kier molecular flexibility index (Phi) is 33.2. The fourth-order valence-electron chi connectivity index (χ4n) is 11.1. The van der Waals surface area contributed by atoms with Gasteiger partial charge in [-0.1, -0.05) is 368 Å². The Bertz CT molecular complexity index is 3120. The first-order chi connectivity index (χ1) is 41.1. The summed E-state index contributed by atoms with van der Waals surface area (Å²) in [7, 11) is 0. The normalized spacial score (nSPS) is 10.9. The number of nitrogens with two attached hydrogens (primary N) is 3. The molecule has 0 radical (unpaired) electrons. The predicted molar refractivity (Wildman–Crippen MR) is 398 cm³/mol. The first kappa shape index (κ1) is 74.2. The van der Waals surface area contributed by atoms with Crippen molar-refractivity contribution in [3.8, 4) is 0 Å². The summed E-state index contributed by atoms with van der Waals surface area (Å²) >= 11 is 10.3. The Morgan fingerprint density at radius 2 is 0.506 bits per heavy atom. The summed E-state index contributed by atoms with van der Waals surface area (Å²) in [6.45, 7) is 15.6. The number of benzene rings is 10. The molecule has 10 aromatic carbocycles. The van der Waals surface area contributed by atoms with E-state index in [2.05, 4.69) is 361 Å². The van der Waals surface area contributed by atoms with Crippen LogP contribution in [-0.2, 0) is 0 Å². The molecule has 10 aromatic rings. The molecule has 0 atom stereocenters. The maximum absolute atomic E-state index is 7.39. The largest absolute Gasteiger partial charge is 1.00 e. The van der Waals surface area contributed by atoms with Gasteiger partial charge in [-0.2, -0.15) is 0 Å². The van der Waals surface area contributed by atoms with Crippen molar-refractivity contribution >= 4 is 106 Å². The van der Waals surface area contributed by atoms with E-state index in [0.717, 1.165) is 57.9 Å². The van der Waals surface area contributed by atoms with E-state index in [4.69, 9.17) is 17.2 Å². The molecule has 0 aliphatic carbocycles. The standard InChI is InChI=1S/C40H44N2.C32H28N2.C4H9Br.CHI3.HI.K/c1-29(2)27-42(28-30(3)4)35-25-36(38(31-17-9-5-10-18-31)32-19-11-6-12-20-32)40(41)37(26-35)39(33-21-13-7-14-22-33)34-23-15-8-16-24-34;33-27-21-28(30(23-13-5-1-6-14-23)24-15-7-2-8-16-24)32(34)29(22-27)31(25-17-9-3-10-18-25)26-19-11-4-12-20-26;1-4(2)3-5;2-1(3)4;;/h5-26,29-30,38-39H,27-28,41H2,1-4H3;1-22,30-31H,33-34H2;4H,3H2,1-2H3;1H;1H;/q;;;;;+1/p-1. The minimum atomic E-state index is -0.0168. The quantitative estimate of drug-likeness (QED) is 0.0263. The van der Waals surface area contributed by atoms with Crippen LogP contribution >= 0.6 is 83.7 Å². The van der Waals surface area contributed by atoms with Crippen LogP contribution in [0.4, 0.5) is 22.7 Å². The van der Waals surface area contributed by atoms with Crippen LogP contribution in [0.5, 0.6) is 0 Å². The van der Waals surface area contributed by atoms with Crippen LogP contribution in [0.2, 0.25) is 0 Å². The number of hydrogen-bond donors (Lipinski definition) is 3. The molecule has 87 heavy (non-hydrogen) atoms. The Hall–Kier alpha value is -3.56. The maximum atomic E-state index is 7.39. The van der Waals surface area contributed by atoms with Gasteiger partial charge < -0.3 is 46.1 Å². The monoisotopic (exact) mass is 1690 g/mol. The number of rotatable bonds is 18. The second-order valence-corrected chi connectivity index (χ2v) is 34.2. The average molecular weight is 1690 g/mol. The Morgan fingerprint density at radius 3 is 0.667 bits per heavy atom. The Labute approximate surface area is 630 Å². The molecule has 10 rings (SSSR count). The van der Waals surface area contributed by atoms with Crippen LogP contribution in [0, 0.1) is 17.8 Å². The van der Waals surface area contributed by atoms with Gasteiger partial charge in [0.25, 0.3) is 0 Å². The minimum absolute atomic E-state index is 0. The summed E-state index contributed by atoms with van der Waals surface area (Å²) in [4.78, 5) is 2.57. The van der Waals surface area contributed by atoms with Gasteiger partial charge in [-0.15, -0.1) is 0 Å². The molecule has 0 amide bonds. The summed E-state index contributed by atoms with van der Waals surface area (Å²) in [5.74, 6) is 1.86. The number of halogens is 5. The second-order valence-electron chi connectivity index (χ2n) is 22.7. The zero-order chi connectivity index (χ0) is 60.7. The van der Waals surface area contributed by atoms with E-state index >= 15 is 0 Å². The number of anilines is 4. The molecule has 0 heterocycles. The van der Waals surface area contributed by atoms with Crippen LogP contribution < -0.4 is 97.5 Å². The summed E-state index contributed by atoms with van der Waals surface area (Å²) < 4.78 is 0.743. The molecule has 6 N–H and O–H groups in total. The van der Waals surface area contributed by atoms with E-state index in [1.165, 1.54) is 50.2 Å². The van der Waals surface area contributed by atoms with Crippen molar-refractivity contribution in [1.29, 1.82) is 0 Å². The van der Waals surface area contributed by atoms with Crippen molar-refractivity contribution in [2.45, 2.75) is 65.2 Å². The molecule has 446 valence electrons. The first-order valence-corrected chi connectivity index (χ1v) is 34.3. The molecular formula is C77H82BrI4KN4. The summed E-state index contributed by atoms with van der Waals surface area (Å²) in [6, 6.07) is 94.1. The smallest absolute Gasteiger partial charge is 1.00 e. The van der Waals surface area contributed by atoms with Gasteiger partial charge in [0.1, 0.15) is -0.0619 Å². The molecule has 0 unspecified atom stereocenters. The van der Waals surface area contributed by atoms with Gasteiger partial charge in [-0.25, -0.2) is 0 Å². The summed E-state index contributed by atoms with van der Waals surface area (Å²) in [6.07, 6.45) is 0. The van der Waals surface area contributed by atoms with Crippen molar-refractivity contribution in [2.24, 2.45) is 17.8 Å². The predicted octanol–water partition coefficient (Wildman–Crippen LogP) is 15.6. The van der Waals surface area contributed by atoms with E-state index in [1.54, 1.807) is 0 Å². The van der Waals surface area contributed by atoms with Crippen molar-refractivity contribution < 1.29 is 75.4 Å². The van der Waals surface area contributed by atoms with E-state index in [1.807, 2.05) is 36.4 Å². The molecule has 0 aromatic heterocycles. The van der Waals surface area contributed by atoms with Gasteiger partial charge in [0.2, 0.25) is 0 Å². The average Bonchev–Trinajstić information content (AvgIpc) is 1.14. The van der Waals surface area contributed by atoms with E-state index in [9.17, 15) is 0 Å². The third-order valence-electron chi connectivity index (χ3n) is 14.6. The molecule has 10 heteroatoms. The van der Waals surface area contributed by atoms with Gasteiger partial charge in [0.05, 0.1) is 0 Å². The molecule has 0 aliphatic rings. The molecule has 0 fully saturated rings. The number of hydrogen-bond acceptors (Lipinski definition) is 4. The van der Waals surface area contributed by atoms with Crippen LogP contribution in [0.25, 0.3) is 0 Å². The zero-order valence-corrected chi connectivity index (χ0v) is 64.6. The van der Waals surface area contributed by atoms with E-state index in [-0.39, 0.29) is 99.0 Å². The van der Waals surface area contributed by atoms with E-state index in [0.29, 0.717) is 17.5 Å². The van der Waals surface area contributed by atoms with Crippen molar-refractivity contribution in [2.75, 3.05) is 40.5 Å². The molecule has 0 aliphatic heterocycles. The molecule has 0 spiro atoms. The fourth-order valence-corrected chi connectivity index (χ4v) is 11.1. The van der Waals surface area contributed by atoms with Gasteiger partial charge >= 0.3 is 51.4 Å². The van der Waals surface area contributed by atoms with Crippen LogP contribution in [0.15, 0.2) is 267 Å². The third-order valence-corrected chi connectivity index (χ3v) is 15.9.